The van der Waals surface area contributed by atoms with Gasteiger partial charge in [-0.05, 0) is 12.1 Å². The monoisotopic (exact) mass is 362 g/mol. The Labute approximate surface area is 123 Å². The molecular formula is C11H12BrFN4O2S. The van der Waals surface area contributed by atoms with Crippen molar-refractivity contribution in [2.24, 2.45) is 5.73 Å². The van der Waals surface area contributed by atoms with E-state index in [9.17, 15) is 12.8 Å². The first-order chi connectivity index (χ1) is 9.44. The summed E-state index contributed by atoms with van der Waals surface area (Å²) < 4.78 is 41.1. The highest BCUT2D eigenvalue weighted by Gasteiger charge is 2.22. The average Bonchev–Trinajstić information content (AvgIpc) is 2.92. The zero-order valence-corrected chi connectivity index (χ0v) is 12.6. The number of benzene rings is 1. The molecule has 0 aliphatic heterocycles. The van der Waals surface area contributed by atoms with Crippen molar-refractivity contribution >= 4 is 26.0 Å². The van der Waals surface area contributed by atoms with Crippen molar-refractivity contribution in [1.29, 1.82) is 0 Å². The third-order valence-electron chi connectivity index (χ3n) is 2.60. The Bertz CT molecular complexity index is 703. The Kier molecular flexibility index (Phi) is 4.53. The predicted molar refractivity (Wildman–Crippen MR) is 74.6 cm³/mol. The molecule has 0 aliphatic rings. The summed E-state index contributed by atoms with van der Waals surface area (Å²) in [6.07, 6.45) is 2.90. The second-order valence-electron chi connectivity index (χ2n) is 3.98. The largest absolute Gasteiger partial charge is 0.347 e. The molecule has 0 unspecified atom stereocenters. The van der Waals surface area contributed by atoms with Crippen LogP contribution in [0.2, 0.25) is 0 Å². The highest BCUT2D eigenvalue weighted by Crippen LogP contribution is 2.23. The van der Waals surface area contributed by atoms with E-state index in [0.717, 1.165) is 0 Å². The number of nitrogens with one attached hydrogen (secondary N) is 2. The van der Waals surface area contributed by atoms with E-state index >= 15 is 0 Å². The smallest absolute Gasteiger partial charge is 0.243 e. The Hall–Kier alpha value is -1.29. The van der Waals surface area contributed by atoms with Gasteiger partial charge in [-0.25, -0.2) is 22.5 Å². The predicted octanol–water partition coefficient (Wildman–Crippen LogP) is 1.25. The summed E-state index contributed by atoms with van der Waals surface area (Å²) in [5.41, 5.74) is 6.09. The molecule has 9 heteroatoms. The van der Waals surface area contributed by atoms with Crippen molar-refractivity contribution in [3.8, 4) is 0 Å². The van der Waals surface area contributed by atoms with Crippen LogP contribution >= 0.6 is 15.9 Å². The molecule has 4 N–H and O–H groups in total. The van der Waals surface area contributed by atoms with Crippen LogP contribution in [0.5, 0.6) is 0 Å². The third kappa shape index (κ3) is 3.23. The molecule has 0 spiro atoms. The number of hydrogen-bond acceptors (Lipinski definition) is 4. The van der Waals surface area contributed by atoms with Gasteiger partial charge in [0.05, 0.1) is 12.9 Å². The summed E-state index contributed by atoms with van der Waals surface area (Å²) in [4.78, 5) is 6.08. The maximum absolute atomic E-state index is 14.1. The second-order valence-corrected chi connectivity index (χ2v) is 6.63. The van der Waals surface area contributed by atoms with Crippen LogP contribution in [0.15, 0.2) is 34.0 Å². The summed E-state index contributed by atoms with van der Waals surface area (Å²) in [6, 6.07) is 2.65. The van der Waals surface area contributed by atoms with Crippen LogP contribution in [-0.4, -0.2) is 18.4 Å². The van der Waals surface area contributed by atoms with E-state index in [4.69, 9.17) is 5.73 Å². The van der Waals surface area contributed by atoms with E-state index in [1.165, 1.54) is 24.7 Å². The van der Waals surface area contributed by atoms with Gasteiger partial charge in [0.15, 0.2) is 0 Å². The Morgan fingerprint density at radius 3 is 2.80 bits per heavy atom. The Morgan fingerprint density at radius 1 is 1.45 bits per heavy atom. The van der Waals surface area contributed by atoms with Gasteiger partial charge in [-0.3, -0.25) is 0 Å². The van der Waals surface area contributed by atoms with Gasteiger partial charge in [0.1, 0.15) is 10.7 Å². The van der Waals surface area contributed by atoms with E-state index in [2.05, 4.69) is 30.6 Å². The molecule has 0 atom stereocenters. The van der Waals surface area contributed by atoms with Crippen molar-refractivity contribution in [2.75, 3.05) is 0 Å². The SMILES string of the molecule is NCc1cc(Br)cc(S(=O)(=O)NCc2cnc[nH]2)c1F. The Morgan fingerprint density at radius 2 is 2.20 bits per heavy atom. The lowest BCUT2D eigenvalue weighted by Gasteiger charge is -2.10. The molecule has 0 radical (unpaired) electrons. The molecule has 6 nitrogen and oxygen atoms in total. The van der Waals surface area contributed by atoms with Crippen LogP contribution < -0.4 is 10.5 Å². The van der Waals surface area contributed by atoms with Crippen LogP contribution in [0, 0.1) is 5.82 Å². The van der Waals surface area contributed by atoms with Crippen LogP contribution in [-0.2, 0) is 23.1 Å². The summed E-state index contributed by atoms with van der Waals surface area (Å²) >= 11 is 3.14. The molecule has 20 heavy (non-hydrogen) atoms. The molecule has 2 aromatic rings. The highest BCUT2D eigenvalue weighted by molar-refractivity contribution is 9.10. The number of aromatic amines is 1. The summed E-state index contributed by atoms with van der Waals surface area (Å²) in [5, 5.41) is 0. The molecule has 0 fully saturated rings. The number of sulfonamides is 1. The lowest BCUT2D eigenvalue weighted by molar-refractivity contribution is 0.549. The molecule has 1 heterocycles. The van der Waals surface area contributed by atoms with Crippen LogP contribution in [0.4, 0.5) is 4.39 Å². The number of nitrogens with zero attached hydrogens (tertiary/aromatic N) is 1. The molecule has 0 bridgehead atoms. The zero-order valence-electron chi connectivity index (χ0n) is 10.2. The fourth-order valence-electron chi connectivity index (χ4n) is 1.59. The van der Waals surface area contributed by atoms with Gasteiger partial charge in [-0.15, -0.1) is 0 Å². The second kappa shape index (κ2) is 6.00. The summed E-state index contributed by atoms with van der Waals surface area (Å²) in [5.74, 6) is -0.840. The van der Waals surface area contributed by atoms with Gasteiger partial charge in [-0.1, -0.05) is 15.9 Å². The number of rotatable bonds is 5. The van der Waals surface area contributed by atoms with Crippen LogP contribution in [0.1, 0.15) is 11.3 Å². The van der Waals surface area contributed by atoms with E-state index < -0.39 is 20.7 Å². The van der Waals surface area contributed by atoms with Gasteiger partial charge < -0.3 is 10.7 Å². The minimum absolute atomic E-state index is 0.00769. The molecule has 0 saturated heterocycles. The minimum Gasteiger partial charge on any atom is -0.347 e. The summed E-state index contributed by atoms with van der Waals surface area (Å²) in [7, 11) is -3.98. The standard InChI is InChI=1S/C11H12BrFN4O2S/c12-8-1-7(3-14)11(13)10(2-8)20(18,19)17-5-9-4-15-6-16-9/h1-2,4,6,17H,3,5,14H2,(H,15,16). The fraction of sp³-hybridized carbons (Fsp3) is 0.182. The van der Waals surface area contributed by atoms with E-state index in [0.29, 0.717) is 10.2 Å². The third-order valence-corrected chi connectivity index (χ3v) is 4.45. The maximum atomic E-state index is 14.1. The number of nitrogens with two attached hydrogens (primary N) is 1. The molecule has 1 aromatic heterocycles. The van der Waals surface area contributed by atoms with Gasteiger partial charge in [0.2, 0.25) is 10.0 Å². The first kappa shape index (κ1) is 15.1. The van der Waals surface area contributed by atoms with Gasteiger partial charge in [0.25, 0.3) is 0 Å². The van der Waals surface area contributed by atoms with Gasteiger partial charge in [0, 0.05) is 28.5 Å². The van der Waals surface area contributed by atoms with E-state index in [1.807, 2.05) is 0 Å². The maximum Gasteiger partial charge on any atom is 0.243 e. The zero-order chi connectivity index (χ0) is 14.8. The first-order valence-corrected chi connectivity index (χ1v) is 7.86. The molecular weight excluding hydrogens is 351 g/mol. The fourth-order valence-corrected chi connectivity index (χ4v) is 3.40. The van der Waals surface area contributed by atoms with Crippen molar-refractivity contribution in [3.63, 3.8) is 0 Å². The van der Waals surface area contributed by atoms with Crippen molar-refractivity contribution in [2.45, 2.75) is 18.0 Å². The van der Waals surface area contributed by atoms with Crippen molar-refractivity contribution in [1.82, 2.24) is 14.7 Å². The quantitative estimate of drug-likeness (QED) is 0.744. The normalized spacial score (nSPS) is 11.8. The molecule has 0 amide bonds. The number of halogens is 2. The number of imidazole rings is 1. The molecule has 2 rings (SSSR count). The van der Waals surface area contributed by atoms with Gasteiger partial charge in [-0.2, -0.15) is 0 Å². The molecule has 1 aromatic carbocycles. The van der Waals surface area contributed by atoms with Crippen molar-refractivity contribution in [3.05, 3.63) is 46.2 Å². The van der Waals surface area contributed by atoms with Crippen LogP contribution in [0.3, 0.4) is 0 Å². The molecule has 108 valence electrons. The first-order valence-electron chi connectivity index (χ1n) is 5.59. The van der Waals surface area contributed by atoms with Crippen LogP contribution in [0.25, 0.3) is 0 Å². The minimum atomic E-state index is -3.98. The van der Waals surface area contributed by atoms with E-state index in [1.54, 1.807) is 0 Å². The number of hydrogen-bond donors (Lipinski definition) is 3. The topological polar surface area (TPSA) is 101 Å². The lowest BCUT2D eigenvalue weighted by atomic mass is 10.2. The van der Waals surface area contributed by atoms with Crippen molar-refractivity contribution < 1.29 is 12.8 Å². The van der Waals surface area contributed by atoms with E-state index in [-0.39, 0.29) is 18.7 Å². The number of H-pyrrole nitrogens is 1. The van der Waals surface area contributed by atoms with Gasteiger partial charge >= 0.3 is 0 Å². The average molecular weight is 363 g/mol. The molecule has 0 saturated carbocycles. The lowest BCUT2D eigenvalue weighted by Crippen LogP contribution is -2.25. The molecule has 0 aliphatic carbocycles. The number of aromatic nitrogens is 2. The Balaban J connectivity index is 2.31. The summed E-state index contributed by atoms with van der Waals surface area (Å²) in [6.45, 7) is -0.0966. The highest BCUT2D eigenvalue weighted by atomic mass is 79.9.